The highest BCUT2D eigenvalue weighted by atomic mass is 127. The molecule has 0 aliphatic rings. The molecular weight excluding hydrogens is 283 g/mol. The monoisotopic (exact) mass is 300 g/mol. The molecule has 0 saturated carbocycles. The molecule has 0 fully saturated rings. The van der Waals surface area contributed by atoms with Crippen LogP contribution in [0.5, 0.6) is 0 Å². The second-order valence-electron chi connectivity index (χ2n) is 3.28. The van der Waals surface area contributed by atoms with Crippen LogP contribution in [0.15, 0.2) is 0 Å². The standard InChI is InChI=1S/C9H17IO3/c1-3-5-9(10,6-4-2)7(11)8(12)13/h7,11H,3-6H2,1-2H3,(H,12,13)/t7-/m0/s1. The number of rotatable bonds is 6. The average molecular weight is 300 g/mol. The van der Waals surface area contributed by atoms with E-state index in [0.717, 1.165) is 25.7 Å². The summed E-state index contributed by atoms with van der Waals surface area (Å²) >= 11 is 2.09. The summed E-state index contributed by atoms with van der Waals surface area (Å²) in [6.45, 7) is 4.00. The smallest absolute Gasteiger partial charge is 0.333 e. The van der Waals surface area contributed by atoms with Crippen molar-refractivity contribution in [3.8, 4) is 0 Å². The van der Waals surface area contributed by atoms with Gasteiger partial charge in [-0.2, -0.15) is 0 Å². The maximum Gasteiger partial charge on any atom is 0.333 e. The molecule has 0 heterocycles. The molecule has 0 aromatic carbocycles. The van der Waals surface area contributed by atoms with Gasteiger partial charge in [0.2, 0.25) is 0 Å². The third-order valence-electron chi connectivity index (χ3n) is 2.06. The van der Waals surface area contributed by atoms with Crippen molar-refractivity contribution in [1.82, 2.24) is 0 Å². The maximum atomic E-state index is 10.6. The van der Waals surface area contributed by atoms with Crippen molar-refractivity contribution < 1.29 is 15.0 Å². The molecule has 0 aliphatic heterocycles. The van der Waals surface area contributed by atoms with Crippen LogP contribution in [0.4, 0.5) is 0 Å². The van der Waals surface area contributed by atoms with Crippen LogP contribution < -0.4 is 0 Å². The summed E-state index contributed by atoms with van der Waals surface area (Å²) in [6.07, 6.45) is 2.04. The normalized spacial score (nSPS) is 14.2. The first-order valence-electron chi connectivity index (χ1n) is 4.57. The van der Waals surface area contributed by atoms with Crippen LogP contribution in [0, 0.1) is 0 Å². The highest BCUT2D eigenvalue weighted by Gasteiger charge is 2.38. The van der Waals surface area contributed by atoms with E-state index in [1.165, 1.54) is 0 Å². The third-order valence-corrected chi connectivity index (χ3v) is 3.72. The van der Waals surface area contributed by atoms with Gasteiger partial charge in [-0.15, -0.1) is 0 Å². The zero-order valence-electron chi connectivity index (χ0n) is 8.09. The summed E-state index contributed by atoms with van der Waals surface area (Å²) in [5.74, 6) is -1.11. The molecule has 0 saturated heterocycles. The first-order chi connectivity index (χ1) is 5.98. The molecule has 13 heavy (non-hydrogen) atoms. The Morgan fingerprint density at radius 3 is 2.00 bits per heavy atom. The number of hydrogen-bond donors (Lipinski definition) is 2. The lowest BCUT2D eigenvalue weighted by atomic mass is 9.92. The lowest BCUT2D eigenvalue weighted by Crippen LogP contribution is -2.41. The number of hydrogen-bond acceptors (Lipinski definition) is 2. The number of aliphatic hydroxyl groups excluding tert-OH is 1. The van der Waals surface area contributed by atoms with E-state index in [2.05, 4.69) is 22.6 Å². The van der Waals surface area contributed by atoms with Gasteiger partial charge in [-0.3, -0.25) is 0 Å². The number of alkyl halides is 1. The van der Waals surface area contributed by atoms with Crippen LogP contribution in [0.25, 0.3) is 0 Å². The number of carbonyl (C=O) groups is 1. The first kappa shape index (κ1) is 13.2. The molecule has 0 unspecified atom stereocenters. The Morgan fingerprint density at radius 1 is 1.38 bits per heavy atom. The number of carboxylic acids is 1. The predicted octanol–water partition coefficient (Wildman–Crippen LogP) is 2.21. The fourth-order valence-electron chi connectivity index (χ4n) is 1.45. The van der Waals surface area contributed by atoms with Crippen LogP contribution >= 0.6 is 22.6 Å². The van der Waals surface area contributed by atoms with Gasteiger partial charge in [0.15, 0.2) is 6.10 Å². The van der Waals surface area contributed by atoms with Gasteiger partial charge < -0.3 is 10.2 Å². The lowest BCUT2D eigenvalue weighted by molar-refractivity contribution is -0.148. The Labute approximate surface area is 92.7 Å². The summed E-state index contributed by atoms with van der Waals surface area (Å²) in [7, 11) is 0. The van der Waals surface area contributed by atoms with Crippen molar-refractivity contribution in [2.45, 2.75) is 49.1 Å². The lowest BCUT2D eigenvalue weighted by Gasteiger charge is -2.29. The highest BCUT2D eigenvalue weighted by Crippen LogP contribution is 2.34. The van der Waals surface area contributed by atoms with Crippen LogP contribution in [0.3, 0.4) is 0 Å². The summed E-state index contributed by atoms with van der Waals surface area (Å²) in [6, 6.07) is 0. The molecule has 0 aliphatic carbocycles. The van der Waals surface area contributed by atoms with E-state index in [1.54, 1.807) is 0 Å². The molecule has 0 radical (unpaired) electrons. The van der Waals surface area contributed by atoms with E-state index in [9.17, 15) is 9.90 Å². The zero-order chi connectivity index (χ0) is 10.5. The Kier molecular flexibility index (Phi) is 5.87. The summed E-state index contributed by atoms with van der Waals surface area (Å²) < 4.78 is -0.493. The average Bonchev–Trinajstić information content (AvgIpc) is 2.03. The van der Waals surface area contributed by atoms with Crippen LogP contribution in [0.1, 0.15) is 39.5 Å². The maximum absolute atomic E-state index is 10.6. The highest BCUT2D eigenvalue weighted by molar-refractivity contribution is 14.1. The minimum absolute atomic E-state index is 0.493. The Hall–Kier alpha value is 0.160. The van der Waals surface area contributed by atoms with Crippen LogP contribution in [0.2, 0.25) is 0 Å². The second-order valence-corrected chi connectivity index (χ2v) is 5.42. The molecule has 0 aromatic heterocycles. The molecule has 1 atom stereocenters. The zero-order valence-corrected chi connectivity index (χ0v) is 10.2. The Bertz CT molecular complexity index is 164. The van der Waals surface area contributed by atoms with E-state index < -0.39 is 15.5 Å². The van der Waals surface area contributed by atoms with Crippen molar-refractivity contribution in [3.63, 3.8) is 0 Å². The fourth-order valence-corrected chi connectivity index (χ4v) is 2.80. The second kappa shape index (κ2) is 5.80. The van der Waals surface area contributed by atoms with Gasteiger partial charge in [0.05, 0.1) is 3.42 Å². The van der Waals surface area contributed by atoms with Crippen LogP contribution in [-0.4, -0.2) is 25.7 Å². The minimum atomic E-state index is -1.24. The fraction of sp³-hybridized carbons (Fsp3) is 0.889. The van der Waals surface area contributed by atoms with Gasteiger partial charge in [0, 0.05) is 0 Å². The van der Waals surface area contributed by atoms with Gasteiger partial charge in [-0.05, 0) is 12.8 Å². The largest absolute Gasteiger partial charge is 0.479 e. The molecule has 3 nitrogen and oxygen atoms in total. The molecule has 0 amide bonds. The van der Waals surface area contributed by atoms with E-state index in [-0.39, 0.29) is 0 Å². The summed E-state index contributed by atoms with van der Waals surface area (Å²) in [5, 5.41) is 18.2. The molecule has 0 bridgehead atoms. The molecule has 0 aromatic rings. The summed E-state index contributed by atoms with van der Waals surface area (Å²) in [4.78, 5) is 10.6. The molecule has 78 valence electrons. The predicted molar refractivity (Wildman–Crippen MR) is 60.2 cm³/mol. The van der Waals surface area contributed by atoms with Crippen molar-refractivity contribution in [3.05, 3.63) is 0 Å². The number of aliphatic hydroxyl groups is 1. The van der Waals surface area contributed by atoms with E-state index >= 15 is 0 Å². The Morgan fingerprint density at radius 2 is 1.77 bits per heavy atom. The van der Waals surface area contributed by atoms with E-state index in [4.69, 9.17) is 5.11 Å². The van der Waals surface area contributed by atoms with Gasteiger partial charge in [-0.1, -0.05) is 49.3 Å². The Balaban J connectivity index is 4.45. The molecule has 2 N–H and O–H groups in total. The SMILES string of the molecule is CCCC(I)(CCC)[C@@H](O)C(=O)O. The van der Waals surface area contributed by atoms with E-state index in [0.29, 0.717) is 0 Å². The number of aliphatic carboxylic acids is 1. The van der Waals surface area contributed by atoms with Crippen molar-refractivity contribution in [2.75, 3.05) is 0 Å². The van der Waals surface area contributed by atoms with Gasteiger partial charge >= 0.3 is 5.97 Å². The molecular formula is C9H17IO3. The number of carboxylic acid groups (broad SMARTS) is 1. The summed E-state index contributed by atoms with van der Waals surface area (Å²) in [5.41, 5.74) is 0. The van der Waals surface area contributed by atoms with Crippen molar-refractivity contribution in [2.24, 2.45) is 0 Å². The van der Waals surface area contributed by atoms with Gasteiger partial charge in [0.1, 0.15) is 0 Å². The third kappa shape index (κ3) is 3.81. The van der Waals surface area contributed by atoms with Gasteiger partial charge in [-0.25, -0.2) is 4.79 Å². The van der Waals surface area contributed by atoms with Gasteiger partial charge in [0.25, 0.3) is 0 Å². The van der Waals surface area contributed by atoms with Crippen molar-refractivity contribution >= 4 is 28.6 Å². The molecule has 0 spiro atoms. The number of halogens is 1. The topological polar surface area (TPSA) is 57.5 Å². The minimum Gasteiger partial charge on any atom is -0.479 e. The van der Waals surface area contributed by atoms with Crippen molar-refractivity contribution in [1.29, 1.82) is 0 Å². The molecule has 0 rings (SSSR count). The quantitative estimate of drug-likeness (QED) is 0.584. The van der Waals surface area contributed by atoms with Crippen LogP contribution in [-0.2, 0) is 4.79 Å². The van der Waals surface area contributed by atoms with E-state index in [1.807, 2.05) is 13.8 Å². The first-order valence-corrected chi connectivity index (χ1v) is 5.65. The molecule has 4 heteroatoms.